The lowest BCUT2D eigenvalue weighted by Crippen LogP contribution is -2.27. The maximum absolute atomic E-state index is 11.1. The molecule has 0 atom stereocenters. The number of benzene rings is 1. The van der Waals surface area contributed by atoms with Crippen molar-refractivity contribution in [2.45, 2.75) is 52.0 Å². The van der Waals surface area contributed by atoms with Crippen LogP contribution in [0.3, 0.4) is 0 Å². The molecule has 0 bridgehead atoms. The second-order valence-electron chi connectivity index (χ2n) is 6.92. The molecule has 5 nitrogen and oxygen atoms in total. The minimum Gasteiger partial charge on any atom is -0.389 e. The molecule has 1 aromatic heterocycles. The van der Waals surface area contributed by atoms with Gasteiger partial charge in [0.25, 0.3) is 0 Å². The number of carbonyl (C=O) groups is 1. The number of unbranched alkanes of at least 4 members (excludes halogenated alkanes) is 3. The molecule has 0 unspecified atom stereocenters. The molecule has 0 saturated heterocycles. The maximum Gasteiger partial charge on any atom is 0.158 e. The number of rotatable bonds is 14. The fourth-order valence-electron chi connectivity index (χ4n) is 3.52. The first kappa shape index (κ1) is 23.0. The largest absolute Gasteiger partial charge is 0.389 e. The van der Waals surface area contributed by atoms with Crippen LogP contribution in [0.2, 0.25) is 0 Å². The highest BCUT2D eigenvalue weighted by Crippen LogP contribution is 2.24. The second-order valence-corrected chi connectivity index (χ2v) is 7.68. The van der Waals surface area contributed by atoms with E-state index in [1.165, 1.54) is 0 Å². The highest BCUT2D eigenvalue weighted by Gasteiger charge is 2.12. The summed E-state index contributed by atoms with van der Waals surface area (Å²) in [5.74, 6) is 2.17. The molecule has 156 valence electrons. The van der Waals surface area contributed by atoms with E-state index in [1.54, 1.807) is 0 Å². The van der Waals surface area contributed by atoms with Gasteiger partial charge in [-0.1, -0.05) is 12.8 Å². The molecule has 0 fully saturated rings. The van der Waals surface area contributed by atoms with Crippen molar-refractivity contribution in [2.24, 2.45) is 0 Å². The first-order valence-corrected chi connectivity index (χ1v) is 11.2. The zero-order valence-electron chi connectivity index (χ0n) is 16.7. The molecular formula is C21H31Cl2N3O2. The zero-order chi connectivity index (χ0) is 20.4. The molecular weight excluding hydrogens is 397 g/mol. The monoisotopic (exact) mass is 427 g/mol. The van der Waals surface area contributed by atoms with Gasteiger partial charge >= 0.3 is 0 Å². The number of ketones is 1. The molecule has 28 heavy (non-hydrogen) atoms. The Morgan fingerprint density at radius 3 is 2.50 bits per heavy atom. The lowest BCUT2D eigenvalue weighted by molar-refractivity contribution is -0.121. The molecule has 0 aliphatic carbocycles. The van der Waals surface area contributed by atoms with Gasteiger partial charge in [-0.05, 0) is 38.0 Å². The van der Waals surface area contributed by atoms with Crippen LogP contribution in [0.15, 0.2) is 18.2 Å². The zero-order valence-corrected chi connectivity index (χ0v) is 18.2. The Morgan fingerprint density at radius 2 is 1.86 bits per heavy atom. The number of alkyl halides is 2. The Hall–Kier alpha value is -1.30. The standard InChI is InChI=1S/C21H31Cl2N3O2/c1-2-26-20-10-9-17(25(13-11-22)14-12-23)15-19(20)24-21(26)8-6-4-3-5-7-18(28)16-27/h9-10,15,27H,2-8,11-14,16H2,1H3. The van der Waals surface area contributed by atoms with E-state index in [1.807, 2.05) is 0 Å². The minimum absolute atomic E-state index is 0.0686. The Morgan fingerprint density at radius 1 is 1.14 bits per heavy atom. The van der Waals surface area contributed by atoms with Crippen molar-refractivity contribution in [3.8, 4) is 0 Å². The van der Waals surface area contributed by atoms with Crippen molar-refractivity contribution >= 4 is 45.7 Å². The molecule has 2 rings (SSSR count). The van der Waals surface area contributed by atoms with E-state index in [9.17, 15) is 4.79 Å². The van der Waals surface area contributed by atoms with Gasteiger partial charge in [0, 0.05) is 49.9 Å². The Labute approximate surface area is 177 Å². The predicted octanol–water partition coefficient (Wildman–Crippen LogP) is 4.39. The number of fused-ring (bicyclic) bond motifs is 1. The quantitative estimate of drug-likeness (QED) is 0.358. The number of aromatic nitrogens is 2. The highest BCUT2D eigenvalue weighted by atomic mass is 35.5. The molecule has 0 spiro atoms. The van der Waals surface area contributed by atoms with Gasteiger partial charge in [-0.25, -0.2) is 4.98 Å². The van der Waals surface area contributed by atoms with E-state index in [4.69, 9.17) is 33.3 Å². The van der Waals surface area contributed by atoms with Crippen LogP contribution in [-0.4, -0.2) is 51.9 Å². The molecule has 0 amide bonds. The van der Waals surface area contributed by atoms with Crippen LogP contribution >= 0.6 is 23.2 Å². The molecule has 1 heterocycles. The number of aliphatic hydroxyl groups excluding tert-OH is 1. The van der Waals surface area contributed by atoms with Crippen molar-refractivity contribution < 1.29 is 9.90 Å². The smallest absolute Gasteiger partial charge is 0.158 e. The van der Waals surface area contributed by atoms with Crippen LogP contribution in [0.1, 0.15) is 44.9 Å². The topological polar surface area (TPSA) is 58.4 Å². The highest BCUT2D eigenvalue weighted by molar-refractivity contribution is 6.18. The molecule has 0 aliphatic rings. The van der Waals surface area contributed by atoms with Gasteiger partial charge < -0.3 is 14.6 Å². The van der Waals surface area contributed by atoms with Crippen molar-refractivity contribution in [2.75, 3.05) is 36.4 Å². The fraction of sp³-hybridized carbons (Fsp3) is 0.619. The molecule has 2 aromatic rings. The summed E-state index contributed by atoms with van der Waals surface area (Å²) in [6.07, 6.45) is 5.38. The number of Topliss-reactive ketones (excluding diaryl/α,β-unsaturated/α-hetero) is 1. The van der Waals surface area contributed by atoms with E-state index in [0.717, 1.165) is 74.3 Å². The van der Waals surface area contributed by atoms with Crippen LogP contribution in [0.5, 0.6) is 0 Å². The SMILES string of the molecule is CCn1c(CCCCCCC(=O)CO)nc2cc(N(CCCl)CCCl)ccc21. The summed E-state index contributed by atoms with van der Waals surface area (Å²) in [6.45, 7) is 4.23. The van der Waals surface area contributed by atoms with Crippen molar-refractivity contribution in [1.82, 2.24) is 9.55 Å². The number of imidazole rings is 1. The number of carbonyl (C=O) groups excluding carboxylic acids is 1. The van der Waals surface area contributed by atoms with Gasteiger partial charge in [0.15, 0.2) is 5.78 Å². The fourth-order valence-corrected chi connectivity index (χ4v) is 3.93. The van der Waals surface area contributed by atoms with Crippen molar-refractivity contribution in [3.05, 3.63) is 24.0 Å². The number of hydrogen-bond acceptors (Lipinski definition) is 4. The Kier molecular flexibility index (Phi) is 10.1. The molecule has 0 radical (unpaired) electrons. The third kappa shape index (κ3) is 6.36. The van der Waals surface area contributed by atoms with Gasteiger partial charge in [-0.15, -0.1) is 23.2 Å². The summed E-state index contributed by atoms with van der Waals surface area (Å²) < 4.78 is 2.28. The van der Waals surface area contributed by atoms with Crippen LogP contribution < -0.4 is 4.90 Å². The van der Waals surface area contributed by atoms with Crippen LogP contribution in [0.25, 0.3) is 11.0 Å². The maximum atomic E-state index is 11.1. The van der Waals surface area contributed by atoms with E-state index in [0.29, 0.717) is 18.2 Å². The summed E-state index contributed by atoms with van der Waals surface area (Å²) in [5, 5.41) is 8.75. The van der Waals surface area contributed by atoms with E-state index in [2.05, 4.69) is 34.6 Å². The van der Waals surface area contributed by atoms with E-state index in [-0.39, 0.29) is 12.4 Å². The third-order valence-electron chi connectivity index (χ3n) is 4.98. The Balaban J connectivity index is 2.02. The van der Waals surface area contributed by atoms with Gasteiger partial charge in [0.1, 0.15) is 12.4 Å². The van der Waals surface area contributed by atoms with Gasteiger partial charge in [-0.3, -0.25) is 4.79 Å². The number of nitrogens with zero attached hydrogens (tertiary/aromatic N) is 3. The average molecular weight is 428 g/mol. The number of hydrogen-bond donors (Lipinski definition) is 1. The van der Waals surface area contributed by atoms with E-state index >= 15 is 0 Å². The van der Waals surface area contributed by atoms with Gasteiger partial charge in [0.05, 0.1) is 11.0 Å². The predicted molar refractivity (Wildman–Crippen MR) is 118 cm³/mol. The normalized spacial score (nSPS) is 11.3. The summed E-state index contributed by atoms with van der Waals surface area (Å²) in [5.41, 5.74) is 3.28. The van der Waals surface area contributed by atoms with Crippen LogP contribution in [0, 0.1) is 0 Å². The lowest BCUT2D eigenvalue weighted by Gasteiger charge is -2.22. The van der Waals surface area contributed by atoms with Crippen LogP contribution in [0.4, 0.5) is 5.69 Å². The molecule has 7 heteroatoms. The molecule has 0 saturated carbocycles. The number of anilines is 1. The molecule has 1 aromatic carbocycles. The number of aliphatic hydroxyl groups is 1. The van der Waals surface area contributed by atoms with E-state index < -0.39 is 0 Å². The molecule has 0 aliphatic heterocycles. The Bertz CT molecular complexity index is 743. The van der Waals surface area contributed by atoms with Crippen molar-refractivity contribution in [1.29, 1.82) is 0 Å². The van der Waals surface area contributed by atoms with Crippen LogP contribution in [-0.2, 0) is 17.8 Å². The second kappa shape index (κ2) is 12.3. The summed E-state index contributed by atoms with van der Waals surface area (Å²) >= 11 is 11.9. The van der Waals surface area contributed by atoms with Gasteiger partial charge in [0.2, 0.25) is 0 Å². The number of halogens is 2. The first-order valence-electron chi connectivity index (χ1n) is 10.1. The molecule has 1 N–H and O–H groups in total. The average Bonchev–Trinajstić information content (AvgIpc) is 3.06. The summed E-state index contributed by atoms with van der Waals surface area (Å²) in [4.78, 5) is 18.2. The minimum atomic E-state index is -0.338. The summed E-state index contributed by atoms with van der Waals surface area (Å²) in [6, 6.07) is 6.39. The third-order valence-corrected chi connectivity index (χ3v) is 5.32. The van der Waals surface area contributed by atoms with Gasteiger partial charge in [-0.2, -0.15) is 0 Å². The summed E-state index contributed by atoms with van der Waals surface area (Å²) in [7, 11) is 0. The first-order chi connectivity index (χ1) is 13.6. The number of aryl methyl sites for hydroxylation is 2. The lowest BCUT2D eigenvalue weighted by atomic mass is 10.1. The van der Waals surface area contributed by atoms with Crippen molar-refractivity contribution in [3.63, 3.8) is 0 Å².